The van der Waals surface area contributed by atoms with Gasteiger partial charge in [-0.05, 0) is 56.7 Å². The Balaban J connectivity index is 1.79. The van der Waals surface area contributed by atoms with Crippen LogP contribution in [-0.4, -0.2) is 36.6 Å². The summed E-state index contributed by atoms with van der Waals surface area (Å²) in [7, 11) is 0. The van der Waals surface area contributed by atoms with Crippen LogP contribution < -0.4 is 10.2 Å². The number of carbonyl (C=O) groups is 2. The maximum Gasteiger partial charge on any atom is 0.313 e. The summed E-state index contributed by atoms with van der Waals surface area (Å²) in [6.07, 6.45) is 2.32. The molecule has 2 aromatic rings. The highest BCUT2D eigenvalue weighted by Crippen LogP contribution is 2.35. The molecule has 1 fully saturated rings. The second-order valence-corrected chi connectivity index (χ2v) is 7.70. The zero-order valence-corrected chi connectivity index (χ0v) is 17.0. The molecule has 1 atom stereocenters. The van der Waals surface area contributed by atoms with Crippen LogP contribution in [-0.2, 0) is 9.53 Å². The molecule has 0 saturated carbocycles. The van der Waals surface area contributed by atoms with E-state index < -0.39 is 5.41 Å². The summed E-state index contributed by atoms with van der Waals surface area (Å²) in [4.78, 5) is 31.5. The number of aromatic nitrogens is 1. The molecule has 1 saturated heterocycles. The van der Waals surface area contributed by atoms with Crippen LogP contribution in [0.5, 0.6) is 0 Å². The van der Waals surface area contributed by atoms with Crippen LogP contribution in [0.4, 0.5) is 11.5 Å². The number of hydrogen-bond donors (Lipinski definition) is 1. The average Bonchev–Trinajstić information content (AvgIpc) is 3.07. The fourth-order valence-electron chi connectivity index (χ4n) is 3.17. The van der Waals surface area contributed by atoms with E-state index in [1.54, 1.807) is 25.3 Å². The molecule has 7 heteroatoms. The van der Waals surface area contributed by atoms with Crippen molar-refractivity contribution in [3.63, 3.8) is 0 Å². The number of rotatable bonds is 5. The molecular formula is C20H22BrN3O3. The van der Waals surface area contributed by atoms with Crippen molar-refractivity contribution in [3.05, 3.63) is 52.6 Å². The average molecular weight is 432 g/mol. The Bertz CT molecular complexity index is 841. The van der Waals surface area contributed by atoms with Crippen LogP contribution in [0.25, 0.3) is 0 Å². The molecule has 0 bridgehead atoms. The molecule has 0 aliphatic carbocycles. The van der Waals surface area contributed by atoms with Crippen LogP contribution in [0.15, 0.2) is 47.1 Å². The number of benzene rings is 1. The lowest BCUT2D eigenvalue weighted by Gasteiger charge is -2.24. The number of nitrogens with one attached hydrogen (secondary N) is 1. The van der Waals surface area contributed by atoms with Gasteiger partial charge >= 0.3 is 5.97 Å². The molecule has 3 rings (SSSR count). The summed E-state index contributed by atoms with van der Waals surface area (Å²) >= 11 is 3.38. The van der Waals surface area contributed by atoms with Gasteiger partial charge in [0.25, 0.3) is 5.91 Å². The van der Waals surface area contributed by atoms with E-state index in [9.17, 15) is 9.59 Å². The van der Waals surface area contributed by atoms with Crippen molar-refractivity contribution in [2.45, 2.75) is 20.3 Å². The largest absolute Gasteiger partial charge is 0.466 e. The fraction of sp³-hybridized carbons (Fsp3) is 0.350. The number of ether oxygens (including phenoxy) is 1. The molecule has 1 aliphatic heterocycles. The summed E-state index contributed by atoms with van der Waals surface area (Å²) < 4.78 is 6.15. The van der Waals surface area contributed by atoms with Crippen molar-refractivity contribution in [2.24, 2.45) is 5.41 Å². The molecule has 2 heterocycles. The Morgan fingerprint density at radius 2 is 2.04 bits per heavy atom. The Kier molecular flexibility index (Phi) is 5.79. The van der Waals surface area contributed by atoms with Crippen LogP contribution in [0.2, 0.25) is 0 Å². The van der Waals surface area contributed by atoms with E-state index in [4.69, 9.17) is 4.74 Å². The van der Waals surface area contributed by atoms with Crippen LogP contribution in [0, 0.1) is 5.41 Å². The van der Waals surface area contributed by atoms with Crippen molar-refractivity contribution in [1.82, 2.24) is 4.98 Å². The lowest BCUT2D eigenvalue weighted by molar-refractivity contribution is -0.153. The minimum atomic E-state index is -0.590. The van der Waals surface area contributed by atoms with E-state index in [1.165, 1.54) is 0 Å². The third-order valence-electron chi connectivity index (χ3n) is 4.67. The van der Waals surface area contributed by atoms with Crippen LogP contribution >= 0.6 is 15.9 Å². The minimum absolute atomic E-state index is 0.204. The normalized spacial score (nSPS) is 19.0. The maximum absolute atomic E-state index is 12.8. The topological polar surface area (TPSA) is 71.5 Å². The summed E-state index contributed by atoms with van der Waals surface area (Å²) in [5.74, 6) is 0.148. The van der Waals surface area contributed by atoms with Crippen molar-refractivity contribution >= 4 is 39.3 Å². The molecule has 1 amide bonds. The predicted octanol–water partition coefficient (Wildman–Crippen LogP) is 3.88. The second-order valence-electron chi connectivity index (χ2n) is 6.79. The van der Waals surface area contributed by atoms with E-state index in [-0.39, 0.29) is 11.9 Å². The van der Waals surface area contributed by atoms with Gasteiger partial charge in [0.15, 0.2) is 0 Å². The Hall–Kier alpha value is -2.41. The van der Waals surface area contributed by atoms with E-state index in [0.717, 1.165) is 4.47 Å². The Morgan fingerprint density at radius 1 is 1.30 bits per heavy atom. The number of anilines is 2. The molecule has 27 heavy (non-hydrogen) atoms. The van der Waals surface area contributed by atoms with Gasteiger partial charge in [-0.3, -0.25) is 9.59 Å². The van der Waals surface area contributed by atoms with Gasteiger partial charge < -0.3 is 15.0 Å². The van der Waals surface area contributed by atoms with Gasteiger partial charge in [0, 0.05) is 29.4 Å². The number of hydrogen-bond acceptors (Lipinski definition) is 5. The fourth-order valence-corrected chi connectivity index (χ4v) is 3.44. The molecule has 0 spiro atoms. The molecule has 0 radical (unpaired) electrons. The zero-order valence-electron chi connectivity index (χ0n) is 15.4. The highest BCUT2D eigenvalue weighted by molar-refractivity contribution is 9.10. The number of nitrogens with zero attached hydrogens (tertiary/aromatic N) is 2. The molecular weight excluding hydrogens is 410 g/mol. The lowest BCUT2D eigenvalue weighted by Crippen LogP contribution is -2.34. The zero-order chi connectivity index (χ0) is 19.4. The third-order valence-corrected chi connectivity index (χ3v) is 5.20. The molecule has 1 aromatic heterocycles. The third kappa shape index (κ3) is 4.30. The SMILES string of the molecule is CCOC(=O)C1(C)CCN(c2ncccc2C(=O)Nc2ccc(Br)cc2)C1. The highest BCUT2D eigenvalue weighted by Gasteiger charge is 2.42. The maximum atomic E-state index is 12.8. The van der Waals surface area contributed by atoms with Gasteiger partial charge in [0.05, 0.1) is 17.6 Å². The first-order valence-corrected chi connectivity index (χ1v) is 9.66. The first kappa shape index (κ1) is 19.4. The first-order chi connectivity index (χ1) is 12.9. The summed E-state index contributed by atoms with van der Waals surface area (Å²) in [5, 5.41) is 2.90. The van der Waals surface area contributed by atoms with Crippen molar-refractivity contribution < 1.29 is 14.3 Å². The molecule has 6 nitrogen and oxygen atoms in total. The van der Waals surface area contributed by atoms with E-state index in [2.05, 4.69) is 26.2 Å². The summed E-state index contributed by atoms with van der Waals surface area (Å²) in [5.41, 5.74) is 0.594. The standard InChI is InChI=1S/C20H22BrN3O3/c1-3-27-19(26)20(2)10-12-24(13-20)17-16(5-4-11-22-17)18(25)23-15-8-6-14(21)7-9-15/h4-9,11H,3,10,12-13H2,1-2H3,(H,23,25). The van der Waals surface area contributed by atoms with E-state index >= 15 is 0 Å². The molecule has 1 aromatic carbocycles. The minimum Gasteiger partial charge on any atom is -0.466 e. The van der Waals surface area contributed by atoms with Crippen LogP contribution in [0.3, 0.4) is 0 Å². The number of esters is 1. The molecule has 1 unspecified atom stereocenters. The lowest BCUT2D eigenvalue weighted by atomic mass is 9.90. The number of halogens is 1. The monoisotopic (exact) mass is 431 g/mol. The quantitative estimate of drug-likeness (QED) is 0.727. The van der Waals surface area contributed by atoms with Gasteiger partial charge in [-0.2, -0.15) is 0 Å². The Labute approximate surface area is 167 Å². The van der Waals surface area contributed by atoms with E-state index in [0.29, 0.717) is 43.2 Å². The highest BCUT2D eigenvalue weighted by atomic mass is 79.9. The summed E-state index contributed by atoms with van der Waals surface area (Å²) in [6.45, 7) is 5.18. The smallest absolute Gasteiger partial charge is 0.313 e. The number of pyridine rings is 1. The first-order valence-electron chi connectivity index (χ1n) is 8.87. The molecule has 1 N–H and O–H groups in total. The van der Waals surface area contributed by atoms with Gasteiger partial charge in [-0.15, -0.1) is 0 Å². The van der Waals surface area contributed by atoms with Gasteiger partial charge in [0.1, 0.15) is 5.82 Å². The molecule has 142 valence electrons. The number of amides is 1. The van der Waals surface area contributed by atoms with Crippen molar-refractivity contribution in [3.8, 4) is 0 Å². The Morgan fingerprint density at radius 3 is 2.74 bits per heavy atom. The van der Waals surface area contributed by atoms with Crippen molar-refractivity contribution in [1.29, 1.82) is 0 Å². The summed E-state index contributed by atoms with van der Waals surface area (Å²) in [6, 6.07) is 10.9. The molecule has 1 aliphatic rings. The van der Waals surface area contributed by atoms with Crippen molar-refractivity contribution in [2.75, 3.05) is 29.9 Å². The predicted molar refractivity (Wildman–Crippen MR) is 108 cm³/mol. The van der Waals surface area contributed by atoms with E-state index in [1.807, 2.05) is 36.1 Å². The van der Waals surface area contributed by atoms with Gasteiger partial charge in [-0.25, -0.2) is 4.98 Å². The number of carbonyl (C=O) groups excluding carboxylic acids is 2. The van der Waals surface area contributed by atoms with Gasteiger partial charge in [-0.1, -0.05) is 15.9 Å². The second kappa shape index (κ2) is 8.08. The van der Waals surface area contributed by atoms with Gasteiger partial charge in [0.2, 0.25) is 0 Å². The van der Waals surface area contributed by atoms with Crippen LogP contribution in [0.1, 0.15) is 30.6 Å².